The summed E-state index contributed by atoms with van der Waals surface area (Å²) < 4.78 is 5.46. The summed E-state index contributed by atoms with van der Waals surface area (Å²) in [5.41, 5.74) is 0.938. The number of carbonyl (C=O) groups is 2. The largest absolute Gasteiger partial charge is 0.467 e. The fourth-order valence-electron chi connectivity index (χ4n) is 2.44. The van der Waals surface area contributed by atoms with Gasteiger partial charge in [-0.3, -0.25) is 9.59 Å². The van der Waals surface area contributed by atoms with E-state index in [0.717, 1.165) is 5.56 Å². The smallest absolute Gasteiger partial charge is 0.261 e. The average Bonchev–Trinajstić information content (AvgIpc) is 3.34. The zero-order chi connectivity index (χ0) is 17.5. The molecule has 1 unspecified atom stereocenters. The highest BCUT2D eigenvalue weighted by Gasteiger charge is 2.19. The third kappa shape index (κ3) is 4.58. The van der Waals surface area contributed by atoms with Crippen LogP contribution in [0.1, 0.15) is 33.5 Å². The summed E-state index contributed by atoms with van der Waals surface area (Å²) in [5, 5.41) is 7.56. The van der Waals surface area contributed by atoms with Gasteiger partial charge in [-0.05, 0) is 29.1 Å². The van der Waals surface area contributed by atoms with E-state index in [4.69, 9.17) is 4.42 Å². The fraction of sp³-hybridized carbons (Fsp3) is 0.158. The summed E-state index contributed by atoms with van der Waals surface area (Å²) >= 11 is 1.37. The molecular weight excluding hydrogens is 336 g/mol. The van der Waals surface area contributed by atoms with Crippen LogP contribution in [0.5, 0.6) is 0 Å². The Bertz CT molecular complexity index is 799. The molecule has 2 amide bonds. The molecule has 0 aliphatic rings. The van der Waals surface area contributed by atoms with Crippen molar-refractivity contribution in [2.45, 2.75) is 12.5 Å². The maximum absolute atomic E-state index is 12.3. The Hall–Kier alpha value is -2.86. The van der Waals surface area contributed by atoms with Crippen LogP contribution in [-0.2, 0) is 4.79 Å². The first kappa shape index (κ1) is 17.0. The molecule has 0 saturated heterocycles. The molecule has 5 nitrogen and oxygen atoms in total. The molecule has 128 valence electrons. The molecule has 1 aromatic carbocycles. The summed E-state index contributed by atoms with van der Waals surface area (Å²) in [6.07, 6.45) is 1.78. The molecule has 25 heavy (non-hydrogen) atoms. The second kappa shape index (κ2) is 8.30. The minimum Gasteiger partial charge on any atom is -0.467 e. The van der Waals surface area contributed by atoms with Gasteiger partial charge in [0.15, 0.2) is 0 Å². The molecule has 6 heteroatoms. The Morgan fingerprint density at radius 3 is 2.56 bits per heavy atom. The molecule has 1 atom stereocenters. The molecule has 0 aliphatic heterocycles. The van der Waals surface area contributed by atoms with E-state index in [2.05, 4.69) is 10.6 Å². The van der Waals surface area contributed by atoms with Gasteiger partial charge < -0.3 is 15.1 Å². The van der Waals surface area contributed by atoms with Gasteiger partial charge in [0.2, 0.25) is 5.91 Å². The highest BCUT2D eigenvalue weighted by molar-refractivity contribution is 7.12. The number of hydrogen-bond acceptors (Lipinski definition) is 4. The molecule has 2 N–H and O–H groups in total. The van der Waals surface area contributed by atoms with Gasteiger partial charge in [0.1, 0.15) is 11.8 Å². The SMILES string of the molecule is O=C(CCNC(=O)c1cccs1)NC(c1ccccc1)c1ccco1. The van der Waals surface area contributed by atoms with Crippen LogP contribution in [0.4, 0.5) is 0 Å². The first-order valence-corrected chi connectivity index (χ1v) is 8.81. The molecule has 3 aromatic rings. The fourth-order valence-corrected chi connectivity index (χ4v) is 3.08. The summed E-state index contributed by atoms with van der Waals surface area (Å²) in [6, 6.07) is 16.5. The molecule has 0 aliphatic carbocycles. The van der Waals surface area contributed by atoms with Crippen LogP contribution >= 0.6 is 11.3 Å². The summed E-state index contributed by atoms with van der Waals surface area (Å²) in [4.78, 5) is 24.8. The van der Waals surface area contributed by atoms with Gasteiger partial charge in [-0.1, -0.05) is 36.4 Å². The Kier molecular flexibility index (Phi) is 5.64. The Labute approximate surface area is 149 Å². The van der Waals surface area contributed by atoms with Crippen molar-refractivity contribution >= 4 is 23.2 Å². The number of amides is 2. The Balaban J connectivity index is 1.57. The van der Waals surface area contributed by atoms with Crippen molar-refractivity contribution in [2.24, 2.45) is 0 Å². The van der Waals surface area contributed by atoms with Crippen LogP contribution < -0.4 is 10.6 Å². The lowest BCUT2D eigenvalue weighted by molar-refractivity contribution is -0.121. The van der Waals surface area contributed by atoms with Crippen molar-refractivity contribution in [1.29, 1.82) is 0 Å². The highest BCUT2D eigenvalue weighted by atomic mass is 32.1. The molecule has 2 aromatic heterocycles. The van der Waals surface area contributed by atoms with E-state index in [1.807, 2.05) is 47.8 Å². The number of thiophene rings is 1. The number of carbonyl (C=O) groups excluding carboxylic acids is 2. The maximum atomic E-state index is 12.3. The van der Waals surface area contributed by atoms with Crippen molar-refractivity contribution in [1.82, 2.24) is 10.6 Å². The number of nitrogens with one attached hydrogen (secondary N) is 2. The molecule has 0 fully saturated rings. The van der Waals surface area contributed by atoms with E-state index in [-0.39, 0.29) is 30.8 Å². The lowest BCUT2D eigenvalue weighted by Crippen LogP contribution is -2.33. The van der Waals surface area contributed by atoms with Crippen LogP contribution in [0.25, 0.3) is 0 Å². The van der Waals surface area contributed by atoms with Gasteiger partial charge in [-0.2, -0.15) is 0 Å². The van der Waals surface area contributed by atoms with Gasteiger partial charge in [0, 0.05) is 13.0 Å². The number of benzene rings is 1. The molecular formula is C19H18N2O3S. The molecule has 0 bridgehead atoms. The number of furan rings is 1. The summed E-state index contributed by atoms with van der Waals surface area (Å²) in [5.74, 6) is 0.354. The van der Waals surface area contributed by atoms with Crippen molar-refractivity contribution in [3.05, 3.63) is 82.4 Å². The van der Waals surface area contributed by atoms with Gasteiger partial charge in [-0.15, -0.1) is 11.3 Å². The van der Waals surface area contributed by atoms with Crippen LogP contribution in [-0.4, -0.2) is 18.4 Å². The van der Waals surface area contributed by atoms with E-state index >= 15 is 0 Å². The van der Waals surface area contributed by atoms with E-state index < -0.39 is 0 Å². The predicted molar refractivity (Wildman–Crippen MR) is 96.4 cm³/mol. The van der Waals surface area contributed by atoms with Crippen molar-refractivity contribution < 1.29 is 14.0 Å². The van der Waals surface area contributed by atoms with Gasteiger partial charge in [0.05, 0.1) is 11.1 Å². The topological polar surface area (TPSA) is 71.3 Å². The zero-order valence-corrected chi connectivity index (χ0v) is 14.3. The van der Waals surface area contributed by atoms with Crippen molar-refractivity contribution in [3.8, 4) is 0 Å². The van der Waals surface area contributed by atoms with Crippen LogP contribution in [0, 0.1) is 0 Å². The van der Waals surface area contributed by atoms with E-state index in [9.17, 15) is 9.59 Å². The second-order valence-electron chi connectivity index (χ2n) is 5.41. The van der Waals surface area contributed by atoms with Crippen LogP contribution in [0.3, 0.4) is 0 Å². The van der Waals surface area contributed by atoms with Gasteiger partial charge >= 0.3 is 0 Å². The van der Waals surface area contributed by atoms with Gasteiger partial charge in [0.25, 0.3) is 5.91 Å². The maximum Gasteiger partial charge on any atom is 0.261 e. The standard InChI is InChI=1S/C19H18N2O3S/c22-17(10-11-20-19(23)16-9-5-13-25-16)21-18(15-8-4-12-24-15)14-6-2-1-3-7-14/h1-9,12-13,18H,10-11H2,(H,20,23)(H,21,22). The van der Waals surface area contributed by atoms with Gasteiger partial charge in [-0.25, -0.2) is 0 Å². The molecule has 0 radical (unpaired) electrons. The molecule has 2 heterocycles. The summed E-state index contributed by atoms with van der Waals surface area (Å²) in [6.45, 7) is 0.280. The van der Waals surface area contributed by atoms with Crippen LogP contribution in [0.2, 0.25) is 0 Å². The van der Waals surface area contributed by atoms with Crippen molar-refractivity contribution in [3.63, 3.8) is 0 Å². The average molecular weight is 354 g/mol. The number of rotatable bonds is 7. The zero-order valence-electron chi connectivity index (χ0n) is 13.5. The Morgan fingerprint density at radius 1 is 1.04 bits per heavy atom. The lowest BCUT2D eigenvalue weighted by atomic mass is 10.0. The third-order valence-electron chi connectivity index (χ3n) is 3.65. The van der Waals surface area contributed by atoms with E-state index in [0.29, 0.717) is 10.6 Å². The minimum atomic E-state index is -0.350. The normalized spacial score (nSPS) is 11.7. The quantitative estimate of drug-likeness (QED) is 0.683. The third-order valence-corrected chi connectivity index (χ3v) is 4.52. The van der Waals surface area contributed by atoms with Crippen LogP contribution in [0.15, 0.2) is 70.7 Å². The highest BCUT2D eigenvalue weighted by Crippen LogP contribution is 2.22. The van der Waals surface area contributed by atoms with E-state index in [1.165, 1.54) is 11.3 Å². The monoisotopic (exact) mass is 354 g/mol. The Morgan fingerprint density at radius 2 is 1.88 bits per heavy atom. The minimum absolute atomic E-state index is 0.156. The molecule has 0 saturated carbocycles. The molecule has 0 spiro atoms. The lowest BCUT2D eigenvalue weighted by Gasteiger charge is -2.17. The first-order valence-electron chi connectivity index (χ1n) is 7.93. The van der Waals surface area contributed by atoms with E-state index in [1.54, 1.807) is 18.4 Å². The summed E-state index contributed by atoms with van der Waals surface area (Å²) in [7, 11) is 0. The van der Waals surface area contributed by atoms with Crippen molar-refractivity contribution in [2.75, 3.05) is 6.54 Å². The molecule has 3 rings (SSSR count). The predicted octanol–water partition coefficient (Wildman–Crippen LogP) is 3.37. The number of hydrogen-bond donors (Lipinski definition) is 2. The first-order chi connectivity index (χ1) is 12.2. The second-order valence-corrected chi connectivity index (χ2v) is 6.36.